The molecule has 0 aromatic heterocycles. The number of hydrogen-bond donors (Lipinski definition) is 0. The predicted octanol–water partition coefficient (Wildman–Crippen LogP) is 4.42. The van der Waals surface area contributed by atoms with E-state index in [0.717, 1.165) is 30.5 Å². The second kappa shape index (κ2) is 8.90. The van der Waals surface area contributed by atoms with Crippen LogP contribution in [0, 0.1) is 11.8 Å². The second-order valence-electron chi connectivity index (χ2n) is 7.34. The Hall–Kier alpha value is -1.15. The molecule has 2 saturated heterocycles. The lowest BCUT2D eigenvalue weighted by atomic mass is 9.90. The largest absolute Gasteiger partial charge is 0.416 e. The van der Waals surface area contributed by atoms with Crippen LogP contribution in [-0.4, -0.2) is 39.0 Å². The summed E-state index contributed by atoms with van der Waals surface area (Å²) in [6.45, 7) is 4.63. The highest BCUT2D eigenvalue weighted by Crippen LogP contribution is 2.37. The molecule has 1 aromatic rings. The van der Waals surface area contributed by atoms with Crippen LogP contribution in [0.1, 0.15) is 37.3 Å². The number of ether oxygens (including phenoxy) is 4. The Morgan fingerprint density at radius 2 is 1.63 bits per heavy atom. The molecule has 0 atom stereocenters. The van der Waals surface area contributed by atoms with Gasteiger partial charge >= 0.3 is 6.18 Å². The third-order valence-electron chi connectivity index (χ3n) is 5.29. The molecule has 0 amide bonds. The lowest BCUT2D eigenvalue weighted by Gasteiger charge is -2.46. The summed E-state index contributed by atoms with van der Waals surface area (Å²) in [4.78, 5) is 0. The Balaban J connectivity index is 1.66. The van der Waals surface area contributed by atoms with Crippen molar-refractivity contribution in [1.29, 1.82) is 0 Å². The van der Waals surface area contributed by atoms with Gasteiger partial charge in [-0.25, -0.2) is 0 Å². The van der Waals surface area contributed by atoms with Gasteiger partial charge < -0.3 is 18.9 Å². The molecule has 0 bridgehead atoms. The van der Waals surface area contributed by atoms with E-state index in [2.05, 4.69) is 6.92 Å². The number of benzene rings is 1. The number of halogens is 3. The Kier molecular flexibility index (Phi) is 6.78. The van der Waals surface area contributed by atoms with Crippen molar-refractivity contribution in [2.45, 2.75) is 44.6 Å². The molecule has 27 heavy (non-hydrogen) atoms. The highest BCUT2D eigenvalue weighted by molar-refractivity contribution is 5.24. The van der Waals surface area contributed by atoms with Crippen molar-refractivity contribution in [1.82, 2.24) is 0 Å². The van der Waals surface area contributed by atoms with E-state index < -0.39 is 17.5 Å². The minimum atomic E-state index is -4.32. The molecule has 152 valence electrons. The van der Waals surface area contributed by atoms with Crippen LogP contribution < -0.4 is 0 Å². The summed E-state index contributed by atoms with van der Waals surface area (Å²) in [5.41, 5.74) is 0.186. The fourth-order valence-electron chi connectivity index (χ4n) is 3.69. The first-order chi connectivity index (χ1) is 12.9. The molecule has 1 aromatic carbocycles. The van der Waals surface area contributed by atoms with Crippen molar-refractivity contribution in [3.63, 3.8) is 0 Å². The summed E-state index contributed by atoms with van der Waals surface area (Å²) in [5, 5.41) is 0. The molecule has 0 unspecified atom stereocenters. The monoisotopic (exact) mass is 388 g/mol. The highest BCUT2D eigenvalue weighted by atomic mass is 19.4. The molecule has 0 spiro atoms. The quantitative estimate of drug-likeness (QED) is 0.723. The Morgan fingerprint density at radius 3 is 2.19 bits per heavy atom. The van der Waals surface area contributed by atoms with E-state index in [0.29, 0.717) is 45.2 Å². The molecular formula is C20H27F3O4. The van der Waals surface area contributed by atoms with Crippen molar-refractivity contribution in [2.75, 3.05) is 33.2 Å². The summed E-state index contributed by atoms with van der Waals surface area (Å²) < 4.78 is 61.5. The minimum Gasteiger partial charge on any atom is -0.355 e. The van der Waals surface area contributed by atoms with Gasteiger partial charge in [-0.3, -0.25) is 0 Å². The van der Waals surface area contributed by atoms with Crippen LogP contribution >= 0.6 is 0 Å². The first-order valence-corrected chi connectivity index (χ1v) is 9.52. The number of hydrogen-bond acceptors (Lipinski definition) is 4. The predicted molar refractivity (Wildman–Crippen MR) is 93.1 cm³/mol. The highest BCUT2D eigenvalue weighted by Gasteiger charge is 2.45. The van der Waals surface area contributed by atoms with Crippen molar-refractivity contribution in [3.05, 3.63) is 35.4 Å². The van der Waals surface area contributed by atoms with Crippen LogP contribution in [0.2, 0.25) is 0 Å². The second-order valence-corrected chi connectivity index (χ2v) is 7.34. The van der Waals surface area contributed by atoms with Gasteiger partial charge in [0.25, 0.3) is 0 Å². The van der Waals surface area contributed by atoms with E-state index in [1.54, 1.807) is 0 Å². The van der Waals surface area contributed by atoms with Gasteiger partial charge in [0.2, 0.25) is 0 Å². The van der Waals surface area contributed by atoms with Crippen LogP contribution in [0.3, 0.4) is 0 Å². The zero-order chi connectivity index (χ0) is 19.3. The van der Waals surface area contributed by atoms with Gasteiger partial charge in [-0.05, 0) is 30.5 Å². The van der Waals surface area contributed by atoms with E-state index in [1.807, 2.05) is 0 Å². The normalized spacial score (nSPS) is 27.6. The maximum Gasteiger partial charge on any atom is 0.416 e. The zero-order valence-corrected chi connectivity index (χ0v) is 15.6. The van der Waals surface area contributed by atoms with Gasteiger partial charge in [-0.2, -0.15) is 13.2 Å². The molecular weight excluding hydrogens is 361 g/mol. The first kappa shape index (κ1) is 20.6. The van der Waals surface area contributed by atoms with Crippen LogP contribution in [0.15, 0.2) is 24.3 Å². The number of aryl methyl sites for hydroxylation is 1. The van der Waals surface area contributed by atoms with E-state index >= 15 is 0 Å². The summed E-state index contributed by atoms with van der Waals surface area (Å²) >= 11 is 0. The third kappa shape index (κ3) is 5.22. The van der Waals surface area contributed by atoms with Gasteiger partial charge in [0, 0.05) is 12.3 Å². The van der Waals surface area contributed by atoms with Gasteiger partial charge in [-0.15, -0.1) is 0 Å². The number of alkyl halides is 3. The molecule has 2 heterocycles. The summed E-state index contributed by atoms with van der Waals surface area (Å²) in [6.07, 6.45) is -1.08. The summed E-state index contributed by atoms with van der Waals surface area (Å²) in [6, 6.07) is 5.28. The molecule has 0 radical (unpaired) electrons. The Bertz CT molecular complexity index is 574. The smallest absolute Gasteiger partial charge is 0.355 e. The molecule has 2 fully saturated rings. The minimum absolute atomic E-state index is 0.0525. The summed E-state index contributed by atoms with van der Waals surface area (Å²) in [7, 11) is 0. The van der Waals surface area contributed by atoms with Crippen molar-refractivity contribution in [3.8, 4) is 0 Å². The van der Waals surface area contributed by atoms with Gasteiger partial charge in [0.05, 0.1) is 37.9 Å². The van der Waals surface area contributed by atoms with Crippen molar-refractivity contribution >= 4 is 0 Å². The van der Waals surface area contributed by atoms with Gasteiger partial charge in [0.15, 0.2) is 5.79 Å². The SMILES string of the molecule is CCC[C@H]1CO[C@](CCc2ccc(C(F)(F)F)cc2)(C2COCOC2)OC1. The standard InChI is InChI=1S/C20H27F3O4/c1-2-3-16-10-26-19(27-11-16,18-12-24-14-25-13-18)9-8-15-4-6-17(7-5-15)20(21,22)23/h4-7,16,18H,2-3,8-14H2,1H3/t16-,19-. The van der Waals surface area contributed by atoms with Crippen molar-refractivity contribution in [2.24, 2.45) is 11.8 Å². The van der Waals surface area contributed by atoms with E-state index in [-0.39, 0.29) is 12.7 Å². The number of rotatable bonds is 6. The molecule has 0 saturated carbocycles. The van der Waals surface area contributed by atoms with Crippen LogP contribution in [0.25, 0.3) is 0 Å². The Morgan fingerprint density at radius 1 is 1.00 bits per heavy atom. The van der Waals surface area contributed by atoms with Crippen molar-refractivity contribution < 1.29 is 32.1 Å². The van der Waals surface area contributed by atoms with Crippen LogP contribution in [0.4, 0.5) is 13.2 Å². The third-order valence-corrected chi connectivity index (χ3v) is 5.29. The average Bonchev–Trinajstić information content (AvgIpc) is 2.68. The fraction of sp³-hybridized carbons (Fsp3) is 0.700. The van der Waals surface area contributed by atoms with Gasteiger partial charge in [0.1, 0.15) is 6.79 Å². The lowest BCUT2D eigenvalue weighted by Crippen LogP contribution is -2.54. The van der Waals surface area contributed by atoms with E-state index in [1.165, 1.54) is 12.1 Å². The maximum absolute atomic E-state index is 12.7. The molecule has 7 heteroatoms. The topological polar surface area (TPSA) is 36.9 Å². The van der Waals surface area contributed by atoms with E-state index in [9.17, 15) is 13.2 Å². The molecule has 2 aliphatic rings. The molecule has 4 nitrogen and oxygen atoms in total. The van der Waals surface area contributed by atoms with Crippen LogP contribution in [-0.2, 0) is 31.5 Å². The zero-order valence-electron chi connectivity index (χ0n) is 15.6. The maximum atomic E-state index is 12.7. The molecule has 2 aliphatic heterocycles. The average molecular weight is 388 g/mol. The molecule has 0 N–H and O–H groups in total. The molecule has 3 rings (SSSR count). The Labute approximate surface area is 157 Å². The fourth-order valence-corrected chi connectivity index (χ4v) is 3.69. The van der Waals surface area contributed by atoms with Gasteiger partial charge in [-0.1, -0.05) is 25.5 Å². The van der Waals surface area contributed by atoms with Crippen LogP contribution in [0.5, 0.6) is 0 Å². The lowest BCUT2D eigenvalue weighted by molar-refractivity contribution is -0.334. The summed E-state index contributed by atoms with van der Waals surface area (Å²) in [5.74, 6) is -0.490. The molecule has 0 aliphatic carbocycles. The van der Waals surface area contributed by atoms with E-state index in [4.69, 9.17) is 18.9 Å². The first-order valence-electron chi connectivity index (χ1n) is 9.52.